The molecule has 0 atom stereocenters. The van der Waals surface area contributed by atoms with Gasteiger partial charge in [-0.3, -0.25) is 14.9 Å². The summed E-state index contributed by atoms with van der Waals surface area (Å²) >= 11 is 0. The van der Waals surface area contributed by atoms with Gasteiger partial charge in [-0.2, -0.15) is 4.39 Å². The van der Waals surface area contributed by atoms with Crippen molar-refractivity contribution in [2.75, 3.05) is 0 Å². The van der Waals surface area contributed by atoms with Gasteiger partial charge in [-0.1, -0.05) is 29.8 Å². The maximum absolute atomic E-state index is 13.4. The van der Waals surface area contributed by atoms with E-state index in [1.807, 2.05) is 31.2 Å². The second-order valence-corrected chi connectivity index (χ2v) is 4.59. The van der Waals surface area contributed by atoms with Crippen LogP contribution in [0.1, 0.15) is 21.5 Å². The van der Waals surface area contributed by atoms with Crippen LogP contribution in [0.25, 0.3) is 0 Å². The van der Waals surface area contributed by atoms with Crippen LogP contribution in [0.5, 0.6) is 0 Å². The van der Waals surface area contributed by atoms with Crippen molar-refractivity contribution in [3.8, 4) is 0 Å². The zero-order valence-corrected chi connectivity index (χ0v) is 11.3. The predicted octanol–water partition coefficient (Wildman–Crippen LogP) is 2.97. The molecule has 0 heterocycles. The number of carbonyl (C=O) groups excluding carboxylic acids is 1. The number of benzene rings is 2. The van der Waals surface area contributed by atoms with Gasteiger partial charge in [-0.25, -0.2) is 0 Å². The number of nitro groups is 1. The van der Waals surface area contributed by atoms with Gasteiger partial charge in [0, 0.05) is 18.2 Å². The number of rotatable bonds is 4. The quantitative estimate of drug-likeness (QED) is 0.694. The first kappa shape index (κ1) is 14.6. The van der Waals surface area contributed by atoms with Crippen LogP contribution in [0.15, 0.2) is 42.5 Å². The summed E-state index contributed by atoms with van der Waals surface area (Å²) in [6, 6.07) is 10.7. The molecule has 1 N–H and O–H groups in total. The van der Waals surface area contributed by atoms with E-state index in [2.05, 4.69) is 5.32 Å². The topological polar surface area (TPSA) is 72.2 Å². The maximum Gasteiger partial charge on any atom is 0.304 e. The van der Waals surface area contributed by atoms with Gasteiger partial charge in [-0.05, 0) is 24.6 Å². The van der Waals surface area contributed by atoms with E-state index < -0.39 is 22.3 Å². The Morgan fingerprint density at radius 3 is 2.48 bits per heavy atom. The molecule has 0 aliphatic rings. The van der Waals surface area contributed by atoms with Gasteiger partial charge in [0.1, 0.15) is 0 Å². The van der Waals surface area contributed by atoms with Crippen LogP contribution >= 0.6 is 0 Å². The van der Waals surface area contributed by atoms with Crippen LogP contribution in [-0.2, 0) is 6.54 Å². The Morgan fingerprint density at radius 2 is 1.90 bits per heavy atom. The number of carbonyl (C=O) groups is 1. The van der Waals surface area contributed by atoms with Crippen LogP contribution in [0, 0.1) is 22.9 Å². The van der Waals surface area contributed by atoms with Crippen molar-refractivity contribution >= 4 is 11.6 Å². The van der Waals surface area contributed by atoms with Gasteiger partial charge in [0.15, 0.2) is 0 Å². The molecule has 0 radical (unpaired) electrons. The fourth-order valence-corrected chi connectivity index (χ4v) is 1.79. The van der Waals surface area contributed by atoms with Crippen LogP contribution < -0.4 is 5.32 Å². The van der Waals surface area contributed by atoms with Crippen LogP contribution in [0.3, 0.4) is 0 Å². The van der Waals surface area contributed by atoms with Crippen molar-refractivity contribution in [1.82, 2.24) is 5.32 Å². The highest BCUT2D eigenvalue weighted by Gasteiger charge is 2.16. The van der Waals surface area contributed by atoms with E-state index in [-0.39, 0.29) is 5.56 Å². The molecular formula is C15H13FN2O3. The predicted molar refractivity (Wildman–Crippen MR) is 75.4 cm³/mol. The number of halogens is 1. The number of hydrogen-bond acceptors (Lipinski definition) is 3. The summed E-state index contributed by atoms with van der Waals surface area (Å²) in [6.07, 6.45) is 0. The molecule has 108 valence electrons. The highest BCUT2D eigenvalue weighted by Crippen LogP contribution is 2.18. The first-order chi connectivity index (χ1) is 9.97. The molecule has 0 spiro atoms. The Hall–Kier alpha value is -2.76. The van der Waals surface area contributed by atoms with Crippen LogP contribution in [-0.4, -0.2) is 10.8 Å². The Balaban J connectivity index is 2.05. The Labute approximate surface area is 120 Å². The Morgan fingerprint density at radius 1 is 1.24 bits per heavy atom. The summed E-state index contributed by atoms with van der Waals surface area (Å²) in [5.74, 6) is -1.51. The average Bonchev–Trinajstić information content (AvgIpc) is 2.45. The number of hydrogen-bond donors (Lipinski definition) is 1. The van der Waals surface area contributed by atoms with Gasteiger partial charge < -0.3 is 5.32 Å². The summed E-state index contributed by atoms with van der Waals surface area (Å²) in [5, 5.41) is 13.1. The zero-order chi connectivity index (χ0) is 15.4. The summed E-state index contributed by atoms with van der Waals surface area (Å²) in [4.78, 5) is 21.5. The lowest BCUT2D eigenvalue weighted by Gasteiger charge is -2.06. The maximum atomic E-state index is 13.4. The van der Waals surface area contributed by atoms with Gasteiger partial charge >= 0.3 is 5.69 Å². The van der Waals surface area contributed by atoms with Crippen molar-refractivity contribution in [3.05, 3.63) is 75.1 Å². The summed E-state index contributed by atoms with van der Waals surface area (Å²) in [6.45, 7) is 2.26. The first-order valence-corrected chi connectivity index (χ1v) is 6.25. The van der Waals surface area contributed by atoms with Gasteiger partial charge in [0.05, 0.1) is 4.92 Å². The molecular weight excluding hydrogens is 275 g/mol. The molecule has 0 saturated carbocycles. The third kappa shape index (κ3) is 3.62. The number of aryl methyl sites for hydroxylation is 1. The third-order valence-electron chi connectivity index (χ3n) is 2.98. The average molecular weight is 288 g/mol. The molecule has 2 aromatic rings. The van der Waals surface area contributed by atoms with E-state index in [0.29, 0.717) is 6.54 Å². The van der Waals surface area contributed by atoms with Crippen molar-refractivity contribution in [2.24, 2.45) is 0 Å². The molecule has 0 unspecified atom stereocenters. The fraction of sp³-hybridized carbons (Fsp3) is 0.133. The van der Waals surface area contributed by atoms with Gasteiger partial charge in [-0.15, -0.1) is 0 Å². The molecule has 2 rings (SSSR count). The number of nitro benzene ring substituents is 1. The van der Waals surface area contributed by atoms with Crippen molar-refractivity contribution < 1.29 is 14.1 Å². The molecule has 0 fully saturated rings. The van der Waals surface area contributed by atoms with Gasteiger partial charge in [0.25, 0.3) is 5.91 Å². The van der Waals surface area contributed by atoms with Crippen molar-refractivity contribution in [3.63, 3.8) is 0 Å². The Bertz CT molecular complexity index is 684. The molecule has 5 nitrogen and oxygen atoms in total. The van der Waals surface area contributed by atoms with E-state index >= 15 is 0 Å². The van der Waals surface area contributed by atoms with E-state index in [1.165, 1.54) is 6.07 Å². The van der Waals surface area contributed by atoms with E-state index in [0.717, 1.165) is 23.3 Å². The normalized spacial score (nSPS) is 10.2. The zero-order valence-electron chi connectivity index (χ0n) is 11.3. The second kappa shape index (κ2) is 6.13. The molecule has 0 bridgehead atoms. The highest BCUT2D eigenvalue weighted by atomic mass is 19.1. The SMILES string of the molecule is Cc1ccc(CNC(=O)c2ccc([N+](=O)[O-])c(F)c2)cc1. The summed E-state index contributed by atoms with van der Waals surface area (Å²) in [7, 11) is 0. The lowest BCUT2D eigenvalue weighted by molar-refractivity contribution is -0.387. The number of nitrogens with zero attached hydrogens (tertiary/aromatic N) is 1. The third-order valence-corrected chi connectivity index (χ3v) is 2.98. The van der Waals surface area contributed by atoms with Crippen molar-refractivity contribution in [2.45, 2.75) is 13.5 Å². The standard InChI is InChI=1S/C15H13FN2O3/c1-10-2-4-11(5-3-10)9-17-15(19)12-6-7-14(18(20)21)13(16)8-12/h2-8H,9H2,1H3,(H,17,19). The largest absolute Gasteiger partial charge is 0.348 e. The van der Waals surface area contributed by atoms with E-state index in [9.17, 15) is 19.3 Å². The molecule has 1 amide bonds. The number of nitrogens with one attached hydrogen (secondary N) is 1. The highest BCUT2D eigenvalue weighted by molar-refractivity contribution is 5.94. The molecule has 0 saturated heterocycles. The number of amides is 1. The summed E-state index contributed by atoms with van der Waals surface area (Å²) in [5.41, 5.74) is 1.43. The smallest absolute Gasteiger partial charge is 0.304 e. The molecule has 6 heteroatoms. The molecule has 2 aromatic carbocycles. The summed E-state index contributed by atoms with van der Waals surface area (Å²) < 4.78 is 13.4. The molecule has 21 heavy (non-hydrogen) atoms. The van der Waals surface area contributed by atoms with Gasteiger partial charge in [0.2, 0.25) is 5.82 Å². The first-order valence-electron chi connectivity index (χ1n) is 6.25. The van der Waals surface area contributed by atoms with Crippen LogP contribution in [0.2, 0.25) is 0 Å². The Kier molecular flexibility index (Phi) is 4.27. The second-order valence-electron chi connectivity index (χ2n) is 4.59. The molecule has 0 aliphatic carbocycles. The lowest BCUT2D eigenvalue weighted by Crippen LogP contribution is -2.22. The minimum atomic E-state index is -1.03. The minimum Gasteiger partial charge on any atom is -0.348 e. The molecule has 0 aliphatic heterocycles. The fourth-order valence-electron chi connectivity index (χ4n) is 1.79. The lowest BCUT2D eigenvalue weighted by atomic mass is 10.1. The van der Waals surface area contributed by atoms with E-state index in [1.54, 1.807) is 0 Å². The van der Waals surface area contributed by atoms with E-state index in [4.69, 9.17) is 0 Å². The molecule has 0 aromatic heterocycles. The minimum absolute atomic E-state index is 0.0465. The van der Waals surface area contributed by atoms with Crippen molar-refractivity contribution in [1.29, 1.82) is 0 Å². The monoisotopic (exact) mass is 288 g/mol. The van der Waals surface area contributed by atoms with Crippen LogP contribution in [0.4, 0.5) is 10.1 Å².